The molecule has 0 saturated heterocycles. The number of rotatable bonds is 11. The highest BCUT2D eigenvalue weighted by Gasteiger charge is 2.34. The number of pyridine rings is 1. The van der Waals surface area contributed by atoms with Gasteiger partial charge in [-0.2, -0.15) is 0 Å². The average Bonchev–Trinajstić information content (AvgIpc) is 3.06. The van der Waals surface area contributed by atoms with E-state index in [1.54, 1.807) is 17.4 Å². The molecule has 0 amide bonds. The molecule has 0 aliphatic heterocycles. The highest BCUT2D eigenvalue weighted by Crippen LogP contribution is 2.31. The van der Waals surface area contributed by atoms with Crippen LogP contribution in [0.1, 0.15) is 53.7 Å². The van der Waals surface area contributed by atoms with Gasteiger partial charge in [-0.3, -0.25) is 9.98 Å². The average molecular weight is 446 g/mol. The molecule has 2 rings (SSSR count). The molecular weight excluding hydrogens is 413 g/mol. The van der Waals surface area contributed by atoms with E-state index < -0.39 is 5.60 Å². The summed E-state index contributed by atoms with van der Waals surface area (Å²) in [4.78, 5) is 14.5. The van der Waals surface area contributed by atoms with Gasteiger partial charge in [-0.25, -0.2) is 4.98 Å². The Morgan fingerprint density at radius 3 is 2.77 bits per heavy atom. The molecule has 0 bridgehead atoms. The van der Waals surface area contributed by atoms with Gasteiger partial charge in [-0.1, -0.05) is 18.7 Å². The molecule has 30 heavy (non-hydrogen) atoms. The maximum absolute atomic E-state index is 6.24. The second-order valence-corrected chi connectivity index (χ2v) is 9.34. The number of ether oxygens (including phenoxy) is 2. The Morgan fingerprint density at radius 1 is 1.33 bits per heavy atom. The number of aliphatic imine (C=N–C) groups is 1. The summed E-state index contributed by atoms with van der Waals surface area (Å²) < 4.78 is 12.2. The van der Waals surface area contributed by atoms with E-state index in [1.807, 2.05) is 40.0 Å². The largest absolute Gasteiger partial charge is 0.475 e. The van der Waals surface area contributed by atoms with Gasteiger partial charge in [-0.05, 0) is 57.6 Å². The summed E-state index contributed by atoms with van der Waals surface area (Å²) in [5.41, 5.74) is 2.32. The van der Waals surface area contributed by atoms with Crippen LogP contribution >= 0.6 is 20.6 Å². The van der Waals surface area contributed by atoms with Crippen molar-refractivity contribution in [1.82, 2.24) is 9.97 Å². The number of aromatic nitrogens is 2. The minimum atomic E-state index is -0.626. The first-order chi connectivity index (χ1) is 14.3. The van der Waals surface area contributed by atoms with Gasteiger partial charge in [0, 0.05) is 24.0 Å². The Labute approximate surface area is 186 Å². The van der Waals surface area contributed by atoms with Gasteiger partial charge in [0.1, 0.15) is 11.7 Å². The zero-order valence-electron chi connectivity index (χ0n) is 18.5. The third kappa shape index (κ3) is 6.83. The van der Waals surface area contributed by atoms with Gasteiger partial charge in [0.15, 0.2) is 6.40 Å². The zero-order valence-corrected chi connectivity index (χ0v) is 20.5. The molecule has 162 valence electrons. The van der Waals surface area contributed by atoms with Gasteiger partial charge >= 0.3 is 0 Å². The van der Waals surface area contributed by atoms with E-state index >= 15 is 0 Å². The number of thiazole rings is 1. The standard InChI is InChI=1S/C23H32N3O2PS/c1-7-18-21(30-17(4)26-18)11-9-10-12-27-22(23(5,6)28-15-24-8-2)19-13-16(3)20(29)14-25-19/h7,9-10,13-15,22H,1,8,11-12,29H2,2-6H3/b10-9+,24-15-. The molecule has 2 heterocycles. The molecule has 0 fully saturated rings. The predicted octanol–water partition coefficient (Wildman–Crippen LogP) is 5.00. The second kappa shape index (κ2) is 11.5. The van der Waals surface area contributed by atoms with Crippen LogP contribution in [0.4, 0.5) is 0 Å². The molecule has 0 aliphatic carbocycles. The van der Waals surface area contributed by atoms with Crippen LogP contribution in [0.25, 0.3) is 6.08 Å². The fourth-order valence-electron chi connectivity index (χ4n) is 2.88. The molecule has 2 aromatic heterocycles. The van der Waals surface area contributed by atoms with Crippen molar-refractivity contribution in [2.45, 2.75) is 52.7 Å². The summed E-state index contributed by atoms with van der Waals surface area (Å²) in [7, 11) is 2.70. The van der Waals surface area contributed by atoms with Gasteiger partial charge in [0.05, 0.1) is 23.0 Å². The van der Waals surface area contributed by atoms with Gasteiger partial charge in [0.2, 0.25) is 0 Å². The third-order valence-corrected chi connectivity index (χ3v) is 6.16. The van der Waals surface area contributed by atoms with Crippen molar-refractivity contribution in [2.75, 3.05) is 13.2 Å². The molecule has 0 N–H and O–H groups in total. The number of hydrogen-bond acceptors (Lipinski definition) is 6. The molecule has 2 aromatic rings. The van der Waals surface area contributed by atoms with E-state index in [9.17, 15) is 0 Å². The summed E-state index contributed by atoms with van der Waals surface area (Å²) in [6.45, 7) is 15.0. The van der Waals surface area contributed by atoms with Gasteiger partial charge in [0.25, 0.3) is 0 Å². The number of nitrogens with zero attached hydrogens (tertiary/aromatic N) is 3. The molecular formula is C23H32N3O2PS. The number of aryl methyl sites for hydroxylation is 2. The third-order valence-electron chi connectivity index (χ3n) is 4.54. The van der Waals surface area contributed by atoms with Gasteiger partial charge < -0.3 is 9.47 Å². The summed E-state index contributed by atoms with van der Waals surface area (Å²) in [6.07, 6.45) is 9.76. The Kier molecular flexibility index (Phi) is 9.35. The van der Waals surface area contributed by atoms with E-state index in [0.717, 1.165) is 33.7 Å². The maximum Gasteiger partial charge on any atom is 0.170 e. The van der Waals surface area contributed by atoms with Crippen molar-refractivity contribution in [2.24, 2.45) is 4.99 Å². The van der Waals surface area contributed by atoms with Crippen molar-refractivity contribution in [3.63, 3.8) is 0 Å². The molecule has 2 atom stereocenters. The zero-order chi connectivity index (χ0) is 22.1. The van der Waals surface area contributed by atoms with Crippen molar-refractivity contribution in [3.8, 4) is 0 Å². The predicted molar refractivity (Wildman–Crippen MR) is 131 cm³/mol. The Morgan fingerprint density at radius 2 is 2.10 bits per heavy atom. The van der Waals surface area contributed by atoms with Crippen LogP contribution < -0.4 is 5.30 Å². The Balaban J connectivity index is 2.11. The van der Waals surface area contributed by atoms with E-state index in [1.165, 1.54) is 11.3 Å². The molecule has 0 aliphatic rings. The monoisotopic (exact) mass is 445 g/mol. The summed E-state index contributed by atoms with van der Waals surface area (Å²) in [6, 6.07) is 2.05. The molecule has 0 spiro atoms. The van der Waals surface area contributed by atoms with Crippen LogP contribution in [0.2, 0.25) is 0 Å². The highest BCUT2D eigenvalue weighted by molar-refractivity contribution is 7.27. The molecule has 5 nitrogen and oxygen atoms in total. The van der Waals surface area contributed by atoms with E-state index in [4.69, 9.17) is 9.47 Å². The molecule has 2 unspecified atom stereocenters. The van der Waals surface area contributed by atoms with Crippen molar-refractivity contribution >= 4 is 38.4 Å². The normalized spacial score (nSPS) is 13.3. The van der Waals surface area contributed by atoms with Crippen LogP contribution in [0.5, 0.6) is 0 Å². The molecule has 0 aromatic carbocycles. The lowest BCUT2D eigenvalue weighted by Crippen LogP contribution is -2.35. The van der Waals surface area contributed by atoms with Gasteiger partial charge in [-0.15, -0.1) is 20.6 Å². The second-order valence-electron chi connectivity index (χ2n) is 7.43. The lowest BCUT2D eigenvalue weighted by atomic mass is 9.97. The topological polar surface area (TPSA) is 56.6 Å². The van der Waals surface area contributed by atoms with Crippen molar-refractivity contribution in [3.05, 3.63) is 57.8 Å². The summed E-state index contributed by atoms with van der Waals surface area (Å²) >= 11 is 1.70. The first-order valence-electron chi connectivity index (χ1n) is 10.0. The minimum absolute atomic E-state index is 0.343. The van der Waals surface area contributed by atoms with Crippen LogP contribution in [0.3, 0.4) is 0 Å². The first-order valence-corrected chi connectivity index (χ1v) is 11.4. The fraction of sp³-hybridized carbons (Fsp3) is 0.435. The molecule has 0 saturated carbocycles. The fourth-order valence-corrected chi connectivity index (χ4v) is 3.96. The maximum atomic E-state index is 6.24. The van der Waals surface area contributed by atoms with Crippen molar-refractivity contribution < 1.29 is 9.47 Å². The Hall–Kier alpha value is -1.88. The van der Waals surface area contributed by atoms with Crippen molar-refractivity contribution in [1.29, 1.82) is 0 Å². The Bertz CT molecular complexity index is 906. The van der Waals surface area contributed by atoms with Crippen LogP contribution in [0.15, 0.2) is 36.0 Å². The van der Waals surface area contributed by atoms with Crippen LogP contribution in [-0.2, 0) is 15.9 Å². The number of hydrogen-bond donors (Lipinski definition) is 0. The van der Waals surface area contributed by atoms with Crippen LogP contribution in [-0.4, -0.2) is 35.1 Å². The quantitative estimate of drug-likeness (QED) is 0.211. The van der Waals surface area contributed by atoms with Crippen LogP contribution in [0, 0.1) is 13.8 Å². The summed E-state index contributed by atoms with van der Waals surface area (Å²) in [5, 5.41) is 2.12. The lowest BCUT2D eigenvalue weighted by molar-refractivity contribution is -0.0732. The lowest BCUT2D eigenvalue weighted by Gasteiger charge is -2.32. The van der Waals surface area contributed by atoms with E-state index in [0.29, 0.717) is 13.2 Å². The SMILES string of the molecule is C=Cc1nc(C)sc1C/C=C/COC(c1cc(C)c(P)cn1)C(C)(C)O/C=N\CC. The molecule has 0 radical (unpaired) electrons. The summed E-state index contributed by atoms with van der Waals surface area (Å²) in [5.74, 6) is 0. The first kappa shape index (κ1) is 24.4. The smallest absolute Gasteiger partial charge is 0.170 e. The highest BCUT2D eigenvalue weighted by atomic mass is 32.1. The van der Waals surface area contributed by atoms with E-state index in [-0.39, 0.29) is 6.10 Å². The number of allylic oxidation sites excluding steroid dienone is 1. The minimum Gasteiger partial charge on any atom is -0.475 e. The van der Waals surface area contributed by atoms with E-state index in [2.05, 4.69) is 49.8 Å². The molecule has 7 heteroatoms.